The predicted molar refractivity (Wildman–Crippen MR) is 83.8 cm³/mol. The number of halogens is 2. The molecular formula is C15H24ClFN2O2. The smallest absolute Gasteiger partial charge is 0.320 e. The van der Waals surface area contributed by atoms with Crippen LogP contribution in [0, 0.1) is 5.82 Å². The third-order valence-electron chi connectivity index (χ3n) is 2.61. The minimum Gasteiger partial charge on any atom is -0.465 e. The average molecular weight is 319 g/mol. The van der Waals surface area contributed by atoms with Gasteiger partial charge in [-0.15, -0.1) is 12.4 Å². The molecule has 0 saturated heterocycles. The van der Waals surface area contributed by atoms with Crippen LogP contribution in [0.5, 0.6) is 0 Å². The summed E-state index contributed by atoms with van der Waals surface area (Å²) >= 11 is 0. The van der Waals surface area contributed by atoms with E-state index in [0.717, 1.165) is 5.56 Å². The van der Waals surface area contributed by atoms with Crippen LogP contribution in [0.15, 0.2) is 24.3 Å². The van der Waals surface area contributed by atoms with Crippen molar-refractivity contribution in [3.63, 3.8) is 0 Å². The van der Waals surface area contributed by atoms with Crippen molar-refractivity contribution in [1.29, 1.82) is 0 Å². The molecule has 0 unspecified atom stereocenters. The molecule has 120 valence electrons. The molecule has 1 aromatic carbocycles. The zero-order valence-electron chi connectivity index (χ0n) is 12.8. The van der Waals surface area contributed by atoms with Crippen LogP contribution in [0.25, 0.3) is 0 Å². The van der Waals surface area contributed by atoms with E-state index in [1.54, 1.807) is 19.1 Å². The van der Waals surface area contributed by atoms with Gasteiger partial charge in [-0.1, -0.05) is 12.1 Å². The van der Waals surface area contributed by atoms with E-state index in [-0.39, 0.29) is 30.7 Å². The van der Waals surface area contributed by atoms with E-state index in [1.807, 2.05) is 18.7 Å². The molecule has 6 heteroatoms. The van der Waals surface area contributed by atoms with Gasteiger partial charge in [0.2, 0.25) is 0 Å². The Labute approximate surface area is 131 Å². The number of benzene rings is 1. The second kappa shape index (κ2) is 8.97. The molecule has 0 aromatic heterocycles. The zero-order chi connectivity index (χ0) is 15.2. The first-order chi connectivity index (χ1) is 9.30. The number of nitrogens with zero attached hydrogens (tertiary/aromatic N) is 1. The first-order valence-electron chi connectivity index (χ1n) is 6.71. The highest BCUT2D eigenvalue weighted by Crippen LogP contribution is 2.10. The van der Waals surface area contributed by atoms with Gasteiger partial charge in [-0.25, -0.2) is 4.39 Å². The van der Waals surface area contributed by atoms with Gasteiger partial charge < -0.3 is 10.5 Å². The Morgan fingerprint density at radius 1 is 1.33 bits per heavy atom. The van der Waals surface area contributed by atoms with E-state index in [2.05, 4.69) is 0 Å². The highest BCUT2D eigenvalue weighted by Gasteiger charge is 2.19. The molecule has 0 aliphatic carbocycles. The Morgan fingerprint density at radius 2 is 1.90 bits per heavy atom. The lowest BCUT2D eigenvalue weighted by Crippen LogP contribution is -2.46. The molecule has 21 heavy (non-hydrogen) atoms. The Bertz CT molecular complexity index is 432. The van der Waals surface area contributed by atoms with Gasteiger partial charge in [-0.2, -0.15) is 0 Å². The van der Waals surface area contributed by atoms with E-state index in [0.29, 0.717) is 19.7 Å². The van der Waals surface area contributed by atoms with E-state index in [4.69, 9.17) is 10.5 Å². The average Bonchev–Trinajstić information content (AvgIpc) is 2.30. The van der Waals surface area contributed by atoms with Crippen LogP contribution < -0.4 is 5.73 Å². The van der Waals surface area contributed by atoms with Crippen molar-refractivity contribution in [3.05, 3.63) is 35.6 Å². The minimum absolute atomic E-state index is 0. The van der Waals surface area contributed by atoms with Crippen molar-refractivity contribution >= 4 is 18.4 Å². The first kappa shape index (κ1) is 19.8. The summed E-state index contributed by atoms with van der Waals surface area (Å²) in [4.78, 5) is 13.5. The Morgan fingerprint density at radius 3 is 2.38 bits per heavy atom. The second-order valence-corrected chi connectivity index (χ2v) is 5.57. The van der Waals surface area contributed by atoms with Gasteiger partial charge in [-0.05, 0) is 38.5 Å². The second-order valence-electron chi connectivity index (χ2n) is 5.57. The maximum atomic E-state index is 12.9. The number of nitrogens with two attached hydrogens (primary N) is 1. The lowest BCUT2D eigenvalue weighted by Gasteiger charge is -2.29. The van der Waals surface area contributed by atoms with Crippen molar-refractivity contribution in [1.82, 2.24) is 4.90 Å². The number of rotatable bonds is 7. The molecule has 0 fully saturated rings. The summed E-state index contributed by atoms with van der Waals surface area (Å²) in [5, 5.41) is 0. The summed E-state index contributed by atoms with van der Waals surface area (Å²) in [6.45, 7) is 7.17. The third kappa shape index (κ3) is 8.65. The molecule has 0 aliphatic heterocycles. The van der Waals surface area contributed by atoms with Crippen LogP contribution >= 0.6 is 12.4 Å². The van der Waals surface area contributed by atoms with Crippen LogP contribution in [-0.4, -0.2) is 36.1 Å². The van der Waals surface area contributed by atoms with E-state index in [1.165, 1.54) is 12.1 Å². The molecule has 0 saturated carbocycles. The summed E-state index contributed by atoms with van der Waals surface area (Å²) in [5.74, 6) is -0.552. The van der Waals surface area contributed by atoms with Gasteiger partial charge in [0, 0.05) is 18.6 Å². The monoisotopic (exact) mass is 318 g/mol. The van der Waals surface area contributed by atoms with Crippen molar-refractivity contribution < 1.29 is 13.9 Å². The number of ether oxygens (including phenoxy) is 1. The highest BCUT2D eigenvalue weighted by molar-refractivity contribution is 5.85. The van der Waals surface area contributed by atoms with Gasteiger partial charge in [-0.3, -0.25) is 9.69 Å². The van der Waals surface area contributed by atoms with Gasteiger partial charge >= 0.3 is 5.97 Å². The maximum Gasteiger partial charge on any atom is 0.320 e. The lowest BCUT2D eigenvalue weighted by molar-refractivity contribution is -0.144. The normalized spacial score (nSPS) is 11.1. The molecule has 0 bridgehead atoms. The summed E-state index contributed by atoms with van der Waals surface area (Å²) in [5.41, 5.74) is 6.52. The number of carbonyl (C=O) groups excluding carboxylic acids is 1. The van der Waals surface area contributed by atoms with Gasteiger partial charge in [0.1, 0.15) is 5.82 Å². The van der Waals surface area contributed by atoms with Crippen molar-refractivity contribution in [2.24, 2.45) is 5.73 Å². The highest BCUT2D eigenvalue weighted by atomic mass is 35.5. The standard InChI is InChI=1S/C15H23FN2O2.ClH/c1-4-20-14(19)10-18(11-15(2,3)17)9-12-5-7-13(16)8-6-12;/h5-8H,4,9-11,17H2,1-3H3;1H. The van der Waals surface area contributed by atoms with Crippen molar-refractivity contribution in [2.45, 2.75) is 32.9 Å². The summed E-state index contributed by atoms with van der Waals surface area (Å²) in [7, 11) is 0. The predicted octanol–water partition coefficient (Wildman–Crippen LogP) is 2.35. The third-order valence-corrected chi connectivity index (χ3v) is 2.61. The van der Waals surface area contributed by atoms with Crippen LogP contribution in [0.2, 0.25) is 0 Å². The Kier molecular flexibility index (Phi) is 8.47. The van der Waals surface area contributed by atoms with Crippen LogP contribution in [0.4, 0.5) is 4.39 Å². The molecule has 0 spiro atoms. The Hall–Kier alpha value is -1.17. The van der Waals surface area contributed by atoms with Crippen molar-refractivity contribution in [3.8, 4) is 0 Å². The number of hydrogen-bond donors (Lipinski definition) is 1. The molecule has 0 heterocycles. The Balaban J connectivity index is 0.00000400. The minimum atomic E-state index is -0.424. The van der Waals surface area contributed by atoms with Crippen LogP contribution in [-0.2, 0) is 16.1 Å². The van der Waals surface area contributed by atoms with E-state index in [9.17, 15) is 9.18 Å². The van der Waals surface area contributed by atoms with Crippen molar-refractivity contribution in [2.75, 3.05) is 19.7 Å². The fourth-order valence-electron chi connectivity index (χ4n) is 1.98. The summed E-state index contributed by atoms with van der Waals surface area (Å²) in [6.07, 6.45) is 0. The quantitative estimate of drug-likeness (QED) is 0.784. The number of hydrogen-bond acceptors (Lipinski definition) is 4. The van der Waals surface area contributed by atoms with E-state index >= 15 is 0 Å². The fourth-order valence-corrected chi connectivity index (χ4v) is 1.98. The molecule has 0 radical (unpaired) electrons. The lowest BCUT2D eigenvalue weighted by atomic mass is 10.1. The zero-order valence-corrected chi connectivity index (χ0v) is 13.6. The molecule has 1 rings (SSSR count). The van der Waals surface area contributed by atoms with Gasteiger partial charge in [0.15, 0.2) is 0 Å². The largest absolute Gasteiger partial charge is 0.465 e. The molecule has 1 aromatic rings. The molecule has 2 N–H and O–H groups in total. The van der Waals surface area contributed by atoms with Gasteiger partial charge in [0.05, 0.1) is 13.2 Å². The molecule has 0 atom stereocenters. The summed E-state index contributed by atoms with van der Waals surface area (Å²) < 4.78 is 17.9. The SMILES string of the molecule is CCOC(=O)CN(Cc1ccc(F)cc1)CC(C)(C)N.Cl. The molecule has 0 amide bonds. The number of esters is 1. The topological polar surface area (TPSA) is 55.6 Å². The van der Waals surface area contributed by atoms with Crippen LogP contribution in [0.1, 0.15) is 26.3 Å². The number of carbonyl (C=O) groups is 1. The molecule has 4 nitrogen and oxygen atoms in total. The first-order valence-corrected chi connectivity index (χ1v) is 6.71. The molecular weight excluding hydrogens is 295 g/mol. The van der Waals surface area contributed by atoms with Crippen LogP contribution in [0.3, 0.4) is 0 Å². The van der Waals surface area contributed by atoms with Gasteiger partial charge in [0.25, 0.3) is 0 Å². The summed E-state index contributed by atoms with van der Waals surface area (Å²) in [6, 6.07) is 6.23. The fraction of sp³-hybridized carbons (Fsp3) is 0.533. The molecule has 0 aliphatic rings. The van der Waals surface area contributed by atoms with E-state index < -0.39 is 5.54 Å². The maximum absolute atomic E-state index is 12.9.